The molecule has 0 atom stereocenters. The maximum atomic E-state index is 6.21. The zero-order valence-electron chi connectivity index (χ0n) is 8.95. The Hall–Kier alpha value is 0.530. The molecule has 0 fully saturated rings. The molecule has 0 aromatic heterocycles. The molecule has 0 amide bonds. The first-order chi connectivity index (χ1) is 8.84. The zero-order chi connectivity index (χ0) is 14.3. The molecule has 7 heteroatoms. The Bertz CT molecular complexity index is 639. The molecule has 0 heterocycles. The molecule has 2 aromatic carbocycles. The van der Waals surface area contributed by atoms with Gasteiger partial charge in [-0.25, -0.2) is 0 Å². The summed E-state index contributed by atoms with van der Waals surface area (Å²) < 4.78 is 0. The van der Waals surface area contributed by atoms with E-state index in [4.69, 9.17) is 69.6 Å². The molecule has 0 unspecified atom stereocenters. The van der Waals surface area contributed by atoms with Gasteiger partial charge in [0.1, 0.15) is 0 Å². The predicted molar refractivity (Wildman–Crippen MR) is 89.2 cm³/mol. The monoisotopic (exact) mass is 390 g/mol. The van der Waals surface area contributed by atoms with Crippen LogP contribution in [0, 0.1) is 0 Å². The molecule has 0 nitrogen and oxygen atoms in total. The first-order valence-corrected chi connectivity index (χ1v) is 7.56. The standard InChI is InChI=1S/C12H4Cl6S/c13-4-1-2-6(14)5(3-4)7-8(15)9(16)10(17)11(18)12(7)19/h1-3,19H. The SMILES string of the molecule is Sc1c(Cl)c(Cl)c(Cl)c(Cl)c1-c1cc(Cl)ccc1Cl. The Morgan fingerprint density at radius 1 is 0.737 bits per heavy atom. The van der Waals surface area contributed by atoms with Crippen molar-refractivity contribution in [3.8, 4) is 11.1 Å². The Morgan fingerprint density at radius 2 is 1.32 bits per heavy atom. The third kappa shape index (κ3) is 2.94. The summed E-state index contributed by atoms with van der Waals surface area (Å²) in [6.45, 7) is 0. The lowest BCUT2D eigenvalue weighted by atomic mass is 10.1. The highest BCUT2D eigenvalue weighted by molar-refractivity contribution is 7.80. The second kappa shape index (κ2) is 6.11. The second-order valence-electron chi connectivity index (χ2n) is 3.60. The van der Waals surface area contributed by atoms with Crippen molar-refractivity contribution in [3.63, 3.8) is 0 Å². The van der Waals surface area contributed by atoms with E-state index in [0.717, 1.165) is 0 Å². The van der Waals surface area contributed by atoms with Crippen molar-refractivity contribution in [2.24, 2.45) is 0 Å². The van der Waals surface area contributed by atoms with Crippen molar-refractivity contribution in [3.05, 3.63) is 48.3 Å². The number of hydrogen-bond acceptors (Lipinski definition) is 1. The lowest BCUT2D eigenvalue weighted by molar-refractivity contribution is 1.45. The van der Waals surface area contributed by atoms with Crippen molar-refractivity contribution in [2.45, 2.75) is 4.90 Å². The van der Waals surface area contributed by atoms with Crippen LogP contribution in [-0.4, -0.2) is 0 Å². The Labute approximate surface area is 145 Å². The van der Waals surface area contributed by atoms with Crippen LogP contribution in [0.4, 0.5) is 0 Å². The van der Waals surface area contributed by atoms with E-state index in [-0.39, 0.29) is 20.1 Å². The summed E-state index contributed by atoms with van der Waals surface area (Å²) in [4.78, 5) is 0.394. The van der Waals surface area contributed by atoms with Crippen molar-refractivity contribution >= 4 is 82.2 Å². The number of thiol groups is 1. The average molecular weight is 393 g/mol. The van der Waals surface area contributed by atoms with E-state index in [9.17, 15) is 0 Å². The largest absolute Gasteiger partial charge is 0.141 e. The van der Waals surface area contributed by atoms with Crippen LogP contribution in [0.2, 0.25) is 30.1 Å². The van der Waals surface area contributed by atoms with E-state index >= 15 is 0 Å². The number of halogens is 6. The maximum absolute atomic E-state index is 6.21. The van der Waals surface area contributed by atoms with Crippen molar-refractivity contribution < 1.29 is 0 Å². The van der Waals surface area contributed by atoms with Crippen molar-refractivity contribution in [2.75, 3.05) is 0 Å². The van der Waals surface area contributed by atoms with Gasteiger partial charge in [-0.15, -0.1) is 12.6 Å². The van der Waals surface area contributed by atoms with Gasteiger partial charge < -0.3 is 0 Å². The molecule has 0 bridgehead atoms. The van der Waals surface area contributed by atoms with Gasteiger partial charge in [0.2, 0.25) is 0 Å². The highest BCUT2D eigenvalue weighted by Gasteiger charge is 2.21. The third-order valence-corrected chi connectivity index (χ3v) is 5.39. The Morgan fingerprint density at radius 3 is 1.95 bits per heavy atom. The molecule has 2 rings (SSSR count). The maximum Gasteiger partial charge on any atom is 0.0805 e. The zero-order valence-corrected chi connectivity index (χ0v) is 14.4. The van der Waals surface area contributed by atoms with Gasteiger partial charge in [0.05, 0.1) is 20.1 Å². The summed E-state index contributed by atoms with van der Waals surface area (Å²) in [6, 6.07) is 4.98. The topological polar surface area (TPSA) is 0 Å². The average Bonchev–Trinajstić information content (AvgIpc) is 2.38. The fourth-order valence-electron chi connectivity index (χ4n) is 1.55. The molecule has 0 spiro atoms. The third-order valence-electron chi connectivity index (χ3n) is 2.44. The van der Waals surface area contributed by atoms with E-state index in [1.807, 2.05) is 0 Å². The molecule has 0 aliphatic rings. The quantitative estimate of drug-likeness (QED) is 0.289. The minimum absolute atomic E-state index is 0.150. The molecular weight excluding hydrogens is 389 g/mol. The molecule has 100 valence electrons. The molecule has 0 aliphatic heterocycles. The van der Waals surface area contributed by atoms with Crippen LogP contribution in [0.15, 0.2) is 23.1 Å². The normalized spacial score (nSPS) is 10.9. The molecule has 0 radical (unpaired) electrons. The summed E-state index contributed by atoms with van der Waals surface area (Å²) >= 11 is 40.7. The summed E-state index contributed by atoms with van der Waals surface area (Å²) in [5.41, 5.74) is 1.08. The molecular formula is C12H4Cl6S. The van der Waals surface area contributed by atoms with Gasteiger partial charge in [0, 0.05) is 26.1 Å². The van der Waals surface area contributed by atoms with E-state index in [0.29, 0.717) is 26.1 Å². The van der Waals surface area contributed by atoms with Crippen molar-refractivity contribution in [1.29, 1.82) is 0 Å². The van der Waals surface area contributed by atoms with Crippen LogP contribution in [0.25, 0.3) is 11.1 Å². The lowest BCUT2D eigenvalue weighted by Crippen LogP contribution is -1.88. The summed E-state index contributed by atoms with van der Waals surface area (Å²) in [7, 11) is 0. The van der Waals surface area contributed by atoms with E-state index in [1.54, 1.807) is 18.2 Å². The van der Waals surface area contributed by atoms with Gasteiger partial charge in [-0.05, 0) is 18.2 Å². The van der Waals surface area contributed by atoms with E-state index < -0.39 is 0 Å². The predicted octanol–water partition coefficient (Wildman–Crippen LogP) is 7.56. The second-order valence-corrected chi connectivity index (χ2v) is 6.41. The Balaban J connectivity index is 2.87. The number of benzene rings is 2. The van der Waals surface area contributed by atoms with Crippen LogP contribution in [0.5, 0.6) is 0 Å². The van der Waals surface area contributed by atoms with Crippen LogP contribution in [0.1, 0.15) is 0 Å². The lowest BCUT2D eigenvalue weighted by Gasteiger charge is -2.14. The van der Waals surface area contributed by atoms with Gasteiger partial charge in [-0.2, -0.15) is 0 Å². The number of rotatable bonds is 1. The minimum atomic E-state index is 0.150. The summed E-state index contributed by atoms with van der Waals surface area (Å²) in [5, 5.41) is 1.70. The molecule has 0 saturated carbocycles. The van der Waals surface area contributed by atoms with Gasteiger partial charge in [0.25, 0.3) is 0 Å². The molecule has 0 aliphatic carbocycles. The first-order valence-electron chi connectivity index (χ1n) is 4.85. The molecule has 0 saturated heterocycles. The minimum Gasteiger partial charge on any atom is -0.141 e. The van der Waals surface area contributed by atoms with Crippen molar-refractivity contribution in [1.82, 2.24) is 0 Å². The summed E-state index contributed by atoms with van der Waals surface area (Å²) in [5.74, 6) is 0. The molecule has 19 heavy (non-hydrogen) atoms. The highest BCUT2D eigenvalue weighted by atomic mass is 35.5. The smallest absolute Gasteiger partial charge is 0.0805 e. The van der Waals surface area contributed by atoms with Crippen LogP contribution in [0.3, 0.4) is 0 Å². The fraction of sp³-hybridized carbons (Fsp3) is 0. The van der Waals surface area contributed by atoms with Crippen LogP contribution in [-0.2, 0) is 0 Å². The Kier molecular flexibility index (Phi) is 5.12. The number of hydrogen-bond donors (Lipinski definition) is 1. The van der Waals surface area contributed by atoms with E-state index in [2.05, 4.69) is 12.6 Å². The van der Waals surface area contributed by atoms with Gasteiger partial charge in [-0.1, -0.05) is 69.6 Å². The van der Waals surface area contributed by atoms with Crippen LogP contribution < -0.4 is 0 Å². The molecule has 2 aromatic rings. The van der Waals surface area contributed by atoms with Gasteiger partial charge in [-0.3, -0.25) is 0 Å². The highest BCUT2D eigenvalue weighted by Crippen LogP contribution is 2.49. The van der Waals surface area contributed by atoms with Gasteiger partial charge >= 0.3 is 0 Å². The van der Waals surface area contributed by atoms with Crippen LogP contribution >= 0.6 is 82.2 Å². The first kappa shape index (κ1) is 15.9. The fourth-order valence-corrected chi connectivity index (χ4v) is 3.37. The van der Waals surface area contributed by atoms with E-state index in [1.165, 1.54) is 0 Å². The van der Waals surface area contributed by atoms with Gasteiger partial charge in [0.15, 0.2) is 0 Å². The summed E-state index contributed by atoms with van der Waals surface area (Å²) in [6.07, 6.45) is 0. The molecule has 0 N–H and O–H groups in total.